The average Bonchev–Trinajstić information content (AvgIpc) is 2.97. The molecule has 0 aromatic heterocycles. The van der Waals surface area contributed by atoms with Crippen LogP contribution in [0.3, 0.4) is 0 Å². The summed E-state index contributed by atoms with van der Waals surface area (Å²) in [6, 6.07) is 17.1. The number of thiocarbonyl (C=S) groups is 1. The van der Waals surface area contributed by atoms with Gasteiger partial charge in [0.2, 0.25) is 0 Å². The Balaban J connectivity index is 1.76. The standard InChI is InChI=1S/C24H29BN2O4S/c1-23(2)24(3,4)31-25(30-23)20(14-18-11-8-12-19(13-18)21(26)32)15-27-22(28)29-16-17-9-6-5-7-10-17/h5-14H,15-16H2,1-4H3,(H2,26,32)(H,27,28). The van der Waals surface area contributed by atoms with E-state index in [0.717, 1.165) is 22.2 Å². The summed E-state index contributed by atoms with van der Waals surface area (Å²) in [5, 5.41) is 2.80. The van der Waals surface area contributed by atoms with Crippen LogP contribution in [0.5, 0.6) is 0 Å². The smallest absolute Gasteiger partial charge is 0.445 e. The number of amides is 1. The summed E-state index contributed by atoms with van der Waals surface area (Å²) in [5.74, 6) is 0. The molecule has 0 atom stereocenters. The maximum Gasteiger partial charge on any atom is 0.492 e. The van der Waals surface area contributed by atoms with E-state index in [9.17, 15) is 4.79 Å². The van der Waals surface area contributed by atoms with E-state index in [2.05, 4.69) is 5.32 Å². The number of rotatable bonds is 7. The van der Waals surface area contributed by atoms with Crippen LogP contribution in [-0.2, 0) is 20.7 Å². The van der Waals surface area contributed by atoms with E-state index in [1.54, 1.807) is 0 Å². The molecule has 0 saturated carbocycles. The molecular formula is C24H29BN2O4S. The molecule has 2 aromatic rings. The van der Waals surface area contributed by atoms with Crippen molar-refractivity contribution in [2.45, 2.75) is 45.5 Å². The maximum absolute atomic E-state index is 12.3. The molecule has 0 spiro atoms. The summed E-state index contributed by atoms with van der Waals surface area (Å²) in [5.41, 5.74) is 8.06. The van der Waals surface area contributed by atoms with Crippen LogP contribution < -0.4 is 11.1 Å². The molecule has 3 rings (SSSR count). The third-order valence-corrected chi connectivity index (χ3v) is 5.96. The molecule has 1 fully saturated rings. The number of alkyl carbamates (subject to hydrolysis) is 1. The summed E-state index contributed by atoms with van der Waals surface area (Å²) >= 11 is 5.09. The predicted octanol–water partition coefficient (Wildman–Crippen LogP) is 4.26. The van der Waals surface area contributed by atoms with E-state index in [1.807, 2.05) is 88.4 Å². The number of nitrogens with one attached hydrogen (secondary N) is 1. The molecule has 168 valence electrons. The summed E-state index contributed by atoms with van der Waals surface area (Å²) in [7, 11) is -0.622. The fraction of sp³-hybridized carbons (Fsp3) is 0.333. The second-order valence-corrected chi connectivity index (χ2v) is 9.15. The molecule has 0 aliphatic carbocycles. The molecular weight excluding hydrogens is 423 g/mol. The Kier molecular flexibility index (Phi) is 7.38. The maximum atomic E-state index is 12.3. The summed E-state index contributed by atoms with van der Waals surface area (Å²) in [6.07, 6.45) is 1.40. The Labute approximate surface area is 195 Å². The number of nitrogens with two attached hydrogens (primary N) is 1. The number of benzene rings is 2. The van der Waals surface area contributed by atoms with E-state index >= 15 is 0 Å². The first kappa shape index (κ1) is 24.0. The van der Waals surface area contributed by atoms with Crippen LogP contribution in [0, 0.1) is 0 Å². The van der Waals surface area contributed by atoms with E-state index in [0.29, 0.717) is 4.99 Å². The second kappa shape index (κ2) is 9.86. The summed E-state index contributed by atoms with van der Waals surface area (Å²) in [6.45, 7) is 8.33. The monoisotopic (exact) mass is 452 g/mol. The highest BCUT2D eigenvalue weighted by Crippen LogP contribution is 2.38. The van der Waals surface area contributed by atoms with Crippen molar-refractivity contribution in [3.8, 4) is 0 Å². The lowest BCUT2D eigenvalue weighted by molar-refractivity contribution is 0.00578. The minimum absolute atomic E-state index is 0.193. The number of hydrogen-bond donors (Lipinski definition) is 2. The molecule has 2 aromatic carbocycles. The zero-order chi connectivity index (χ0) is 23.4. The highest BCUT2D eigenvalue weighted by molar-refractivity contribution is 7.80. The van der Waals surface area contributed by atoms with Crippen molar-refractivity contribution in [1.82, 2.24) is 5.32 Å². The van der Waals surface area contributed by atoms with Gasteiger partial charge in [0.15, 0.2) is 0 Å². The van der Waals surface area contributed by atoms with Gasteiger partial charge in [0, 0.05) is 12.1 Å². The lowest BCUT2D eigenvalue weighted by Crippen LogP contribution is -2.41. The first-order chi connectivity index (χ1) is 15.1. The largest absolute Gasteiger partial charge is 0.492 e. The van der Waals surface area contributed by atoms with Gasteiger partial charge in [0.05, 0.1) is 11.2 Å². The van der Waals surface area contributed by atoms with Crippen LogP contribution in [0.2, 0.25) is 0 Å². The lowest BCUT2D eigenvalue weighted by atomic mass is 9.77. The predicted molar refractivity (Wildman–Crippen MR) is 131 cm³/mol. The summed E-state index contributed by atoms with van der Waals surface area (Å²) in [4.78, 5) is 12.6. The second-order valence-electron chi connectivity index (χ2n) is 8.71. The molecule has 1 amide bonds. The van der Waals surface area contributed by atoms with Crippen molar-refractivity contribution in [2.24, 2.45) is 5.73 Å². The number of carbonyl (C=O) groups excluding carboxylic acids is 1. The molecule has 1 heterocycles. The van der Waals surface area contributed by atoms with Crippen molar-refractivity contribution >= 4 is 36.5 Å². The van der Waals surface area contributed by atoms with Crippen molar-refractivity contribution in [1.29, 1.82) is 0 Å². The minimum atomic E-state index is -0.622. The molecule has 0 radical (unpaired) electrons. The van der Waals surface area contributed by atoms with Crippen molar-refractivity contribution in [3.05, 3.63) is 76.8 Å². The molecule has 1 aliphatic heterocycles. The van der Waals surface area contributed by atoms with Crippen molar-refractivity contribution in [3.63, 3.8) is 0 Å². The van der Waals surface area contributed by atoms with Crippen LogP contribution >= 0.6 is 12.2 Å². The summed E-state index contributed by atoms with van der Waals surface area (Å²) < 4.78 is 17.7. The molecule has 0 unspecified atom stereocenters. The fourth-order valence-electron chi connectivity index (χ4n) is 3.14. The van der Waals surface area contributed by atoms with Crippen molar-refractivity contribution < 1.29 is 18.8 Å². The van der Waals surface area contributed by atoms with Crippen LogP contribution in [0.25, 0.3) is 6.08 Å². The van der Waals surface area contributed by atoms with Gasteiger partial charge >= 0.3 is 13.2 Å². The van der Waals surface area contributed by atoms with Gasteiger partial charge in [-0.2, -0.15) is 0 Å². The Morgan fingerprint density at radius 2 is 1.75 bits per heavy atom. The van der Waals surface area contributed by atoms with Crippen LogP contribution in [0.4, 0.5) is 4.79 Å². The van der Waals surface area contributed by atoms with Crippen LogP contribution in [0.15, 0.2) is 60.1 Å². The van der Waals surface area contributed by atoms with E-state index in [4.69, 9.17) is 32.0 Å². The first-order valence-corrected chi connectivity index (χ1v) is 10.9. The Hall–Kier alpha value is -2.68. The van der Waals surface area contributed by atoms with Crippen molar-refractivity contribution in [2.75, 3.05) is 6.54 Å². The van der Waals surface area contributed by atoms with Gasteiger partial charge < -0.3 is 25.1 Å². The van der Waals surface area contributed by atoms with Crippen LogP contribution in [0.1, 0.15) is 44.4 Å². The first-order valence-electron chi connectivity index (χ1n) is 10.5. The third kappa shape index (κ3) is 5.97. The molecule has 1 aliphatic rings. The normalized spacial score (nSPS) is 17.1. The Morgan fingerprint density at radius 3 is 2.38 bits per heavy atom. The van der Waals surface area contributed by atoms with Gasteiger partial charge in [-0.1, -0.05) is 66.8 Å². The Bertz CT molecular complexity index is 992. The van der Waals surface area contributed by atoms with Gasteiger partial charge in [0.25, 0.3) is 0 Å². The third-order valence-electron chi connectivity index (χ3n) is 5.73. The van der Waals surface area contributed by atoms with Gasteiger partial charge in [-0.25, -0.2) is 4.79 Å². The zero-order valence-corrected chi connectivity index (χ0v) is 19.7. The molecule has 1 saturated heterocycles. The van der Waals surface area contributed by atoms with E-state index < -0.39 is 24.4 Å². The zero-order valence-electron chi connectivity index (χ0n) is 18.9. The molecule has 3 N–H and O–H groups in total. The average molecular weight is 452 g/mol. The van der Waals surface area contributed by atoms with Gasteiger partial charge in [0.1, 0.15) is 11.6 Å². The Morgan fingerprint density at radius 1 is 1.09 bits per heavy atom. The number of ether oxygens (including phenoxy) is 1. The fourth-order valence-corrected chi connectivity index (χ4v) is 3.27. The highest BCUT2D eigenvalue weighted by atomic mass is 32.1. The number of carbonyl (C=O) groups is 1. The molecule has 8 heteroatoms. The topological polar surface area (TPSA) is 82.8 Å². The van der Waals surface area contributed by atoms with Gasteiger partial charge in [-0.05, 0) is 50.4 Å². The SMILES string of the molecule is CC1(C)OB(C(=Cc2cccc(C(N)=S)c2)CNC(=O)OCc2ccccc2)OC1(C)C. The molecule has 6 nitrogen and oxygen atoms in total. The minimum Gasteiger partial charge on any atom is -0.445 e. The van der Waals surface area contributed by atoms with E-state index in [1.165, 1.54) is 0 Å². The van der Waals surface area contributed by atoms with Gasteiger partial charge in [-0.3, -0.25) is 0 Å². The molecule has 32 heavy (non-hydrogen) atoms. The van der Waals surface area contributed by atoms with Crippen LogP contribution in [-0.4, -0.2) is 35.9 Å². The lowest BCUT2D eigenvalue weighted by Gasteiger charge is -2.32. The quantitative estimate of drug-likeness (QED) is 0.483. The molecule has 0 bridgehead atoms. The number of hydrogen-bond acceptors (Lipinski definition) is 5. The van der Waals surface area contributed by atoms with Gasteiger partial charge in [-0.15, -0.1) is 0 Å². The van der Waals surface area contributed by atoms with E-state index in [-0.39, 0.29) is 13.2 Å². The highest BCUT2D eigenvalue weighted by Gasteiger charge is 2.52.